The highest BCUT2D eigenvalue weighted by atomic mass is 19.1. The molecule has 5 nitrogen and oxygen atoms in total. The Morgan fingerprint density at radius 1 is 1.00 bits per heavy atom. The zero-order valence-electron chi connectivity index (χ0n) is 16.2. The van der Waals surface area contributed by atoms with Crippen molar-refractivity contribution in [1.82, 2.24) is 10.3 Å². The van der Waals surface area contributed by atoms with Gasteiger partial charge in [0.15, 0.2) is 5.78 Å². The van der Waals surface area contributed by atoms with E-state index in [2.05, 4.69) is 10.3 Å². The Labute approximate surface area is 168 Å². The van der Waals surface area contributed by atoms with Crippen molar-refractivity contribution in [3.8, 4) is 5.88 Å². The third-order valence-corrected chi connectivity index (χ3v) is 4.16. The standard InChI is InChI=1S/C23H21FN2O3/c1-15(2)29-23-17(6-5-13-25-23)14-26-22(28)20-8-4-3-7-19(20)21(27)16-9-11-18(24)12-10-16/h3-13,15H,14H2,1-2H3,(H,26,28). The van der Waals surface area contributed by atoms with Gasteiger partial charge in [0.2, 0.25) is 5.88 Å². The highest BCUT2D eigenvalue weighted by Crippen LogP contribution is 2.18. The van der Waals surface area contributed by atoms with Gasteiger partial charge in [-0.3, -0.25) is 9.59 Å². The van der Waals surface area contributed by atoms with Crippen molar-refractivity contribution in [1.29, 1.82) is 0 Å². The summed E-state index contributed by atoms with van der Waals surface area (Å²) in [5.41, 5.74) is 1.54. The van der Waals surface area contributed by atoms with E-state index in [1.165, 1.54) is 24.3 Å². The molecule has 6 heteroatoms. The van der Waals surface area contributed by atoms with E-state index in [9.17, 15) is 14.0 Å². The molecule has 1 N–H and O–H groups in total. The summed E-state index contributed by atoms with van der Waals surface area (Å²) < 4.78 is 18.8. The normalized spacial score (nSPS) is 10.6. The topological polar surface area (TPSA) is 68.3 Å². The summed E-state index contributed by atoms with van der Waals surface area (Å²) >= 11 is 0. The summed E-state index contributed by atoms with van der Waals surface area (Å²) in [7, 11) is 0. The van der Waals surface area contributed by atoms with Crippen molar-refractivity contribution in [2.24, 2.45) is 0 Å². The van der Waals surface area contributed by atoms with Gasteiger partial charge in [0.25, 0.3) is 5.91 Å². The molecule has 0 radical (unpaired) electrons. The molecule has 3 aromatic rings. The van der Waals surface area contributed by atoms with E-state index in [4.69, 9.17) is 4.74 Å². The first-order valence-electron chi connectivity index (χ1n) is 9.23. The number of rotatable bonds is 7. The van der Waals surface area contributed by atoms with Gasteiger partial charge in [0.1, 0.15) is 5.82 Å². The van der Waals surface area contributed by atoms with Crippen LogP contribution in [0.5, 0.6) is 5.88 Å². The van der Waals surface area contributed by atoms with Crippen LogP contribution in [0, 0.1) is 5.82 Å². The number of benzene rings is 2. The minimum atomic E-state index is -0.427. The van der Waals surface area contributed by atoms with E-state index in [0.717, 1.165) is 5.56 Å². The predicted octanol–water partition coefficient (Wildman–Crippen LogP) is 4.17. The fourth-order valence-corrected chi connectivity index (χ4v) is 2.79. The minimum Gasteiger partial charge on any atom is -0.475 e. The van der Waals surface area contributed by atoms with Gasteiger partial charge in [-0.15, -0.1) is 0 Å². The zero-order chi connectivity index (χ0) is 20.8. The summed E-state index contributed by atoms with van der Waals surface area (Å²) in [6.45, 7) is 4.00. The third kappa shape index (κ3) is 5.04. The number of carbonyl (C=O) groups is 2. The molecular formula is C23H21FN2O3. The van der Waals surface area contributed by atoms with Crippen LogP contribution >= 0.6 is 0 Å². The highest BCUT2D eigenvalue weighted by molar-refractivity contribution is 6.15. The van der Waals surface area contributed by atoms with Crippen LogP contribution in [0.2, 0.25) is 0 Å². The smallest absolute Gasteiger partial charge is 0.252 e. The molecular weight excluding hydrogens is 371 g/mol. The van der Waals surface area contributed by atoms with E-state index >= 15 is 0 Å². The van der Waals surface area contributed by atoms with Gasteiger partial charge in [0.05, 0.1) is 11.7 Å². The number of ether oxygens (including phenoxy) is 1. The molecule has 0 atom stereocenters. The molecule has 0 spiro atoms. The second-order valence-corrected chi connectivity index (χ2v) is 6.70. The first-order chi connectivity index (χ1) is 14.0. The Morgan fingerprint density at radius 2 is 1.69 bits per heavy atom. The third-order valence-electron chi connectivity index (χ3n) is 4.16. The van der Waals surface area contributed by atoms with Crippen LogP contribution in [0.15, 0.2) is 66.9 Å². The monoisotopic (exact) mass is 392 g/mol. The fourth-order valence-electron chi connectivity index (χ4n) is 2.79. The Balaban J connectivity index is 1.79. The van der Waals surface area contributed by atoms with E-state index in [0.29, 0.717) is 11.4 Å². The Kier molecular flexibility index (Phi) is 6.34. The van der Waals surface area contributed by atoms with Crippen molar-refractivity contribution in [3.63, 3.8) is 0 Å². The van der Waals surface area contributed by atoms with Crippen LogP contribution in [0.3, 0.4) is 0 Å². The Morgan fingerprint density at radius 3 is 2.38 bits per heavy atom. The van der Waals surface area contributed by atoms with Crippen LogP contribution in [0.1, 0.15) is 45.7 Å². The minimum absolute atomic E-state index is 0.0478. The molecule has 29 heavy (non-hydrogen) atoms. The second-order valence-electron chi connectivity index (χ2n) is 6.70. The molecule has 0 aliphatic carbocycles. The largest absolute Gasteiger partial charge is 0.475 e. The molecule has 0 aliphatic heterocycles. The zero-order valence-corrected chi connectivity index (χ0v) is 16.2. The average molecular weight is 392 g/mol. The van der Waals surface area contributed by atoms with Gasteiger partial charge in [-0.05, 0) is 50.2 Å². The van der Waals surface area contributed by atoms with E-state index < -0.39 is 11.7 Å². The van der Waals surface area contributed by atoms with E-state index in [-0.39, 0.29) is 29.6 Å². The van der Waals surface area contributed by atoms with Crippen molar-refractivity contribution >= 4 is 11.7 Å². The maximum atomic E-state index is 13.1. The molecule has 148 valence electrons. The summed E-state index contributed by atoms with van der Waals surface area (Å²) in [4.78, 5) is 29.8. The van der Waals surface area contributed by atoms with Crippen LogP contribution < -0.4 is 10.1 Å². The lowest BCUT2D eigenvalue weighted by Gasteiger charge is -2.14. The van der Waals surface area contributed by atoms with Gasteiger partial charge in [-0.1, -0.05) is 24.3 Å². The molecule has 3 rings (SSSR count). The lowest BCUT2D eigenvalue weighted by Crippen LogP contribution is -2.25. The molecule has 1 amide bonds. The summed E-state index contributed by atoms with van der Waals surface area (Å²) in [6, 6.07) is 15.4. The number of aromatic nitrogens is 1. The summed E-state index contributed by atoms with van der Waals surface area (Å²) in [6.07, 6.45) is 1.58. The molecule has 0 saturated heterocycles. The maximum absolute atomic E-state index is 13.1. The predicted molar refractivity (Wildman–Crippen MR) is 107 cm³/mol. The summed E-state index contributed by atoms with van der Waals surface area (Å²) in [5, 5.41) is 2.81. The number of amides is 1. The lowest BCUT2D eigenvalue weighted by atomic mass is 9.98. The molecule has 0 aliphatic rings. The maximum Gasteiger partial charge on any atom is 0.252 e. The molecule has 1 aromatic heterocycles. The number of carbonyl (C=O) groups excluding carboxylic acids is 2. The molecule has 1 heterocycles. The van der Waals surface area contributed by atoms with Gasteiger partial charge in [-0.25, -0.2) is 9.37 Å². The molecule has 0 saturated carbocycles. The Hall–Kier alpha value is -3.54. The Bertz CT molecular complexity index is 1020. The molecule has 0 fully saturated rings. The first kappa shape index (κ1) is 20.2. The highest BCUT2D eigenvalue weighted by Gasteiger charge is 2.18. The van der Waals surface area contributed by atoms with Crippen molar-refractivity contribution in [2.45, 2.75) is 26.5 Å². The fraction of sp³-hybridized carbons (Fsp3) is 0.174. The van der Waals surface area contributed by atoms with Gasteiger partial charge in [0, 0.05) is 29.4 Å². The van der Waals surface area contributed by atoms with Crippen LogP contribution in [-0.4, -0.2) is 22.8 Å². The van der Waals surface area contributed by atoms with E-state index in [1.807, 2.05) is 19.9 Å². The SMILES string of the molecule is CC(C)Oc1ncccc1CNC(=O)c1ccccc1C(=O)c1ccc(F)cc1. The van der Waals surface area contributed by atoms with Crippen LogP contribution in [0.4, 0.5) is 4.39 Å². The van der Waals surface area contributed by atoms with Gasteiger partial charge in [-0.2, -0.15) is 0 Å². The lowest BCUT2D eigenvalue weighted by molar-refractivity contribution is 0.0939. The number of hydrogen-bond donors (Lipinski definition) is 1. The number of pyridine rings is 1. The van der Waals surface area contributed by atoms with Crippen molar-refractivity contribution in [3.05, 3.63) is 94.9 Å². The van der Waals surface area contributed by atoms with Crippen molar-refractivity contribution < 1.29 is 18.7 Å². The number of nitrogens with one attached hydrogen (secondary N) is 1. The van der Waals surface area contributed by atoms with Crippen LogP contribution in [-0.2, 0) is 6.54 Å². The quantitative estimate of drug-likeness (QED) is 0.613. The number of nitrogens with zero attached hydrogens (tertiary/aromatic N) is 1. The van der Waals surface area contributed by atoms with Gasteiger partial charge >= 0.3 is 0 Å². The second kappa shape index (κ2) is 9.10. The molecule has 0 bridgehead atoms. The van der Waals surface area contributed by atoms with Gasteiger partial charge < -0.3 is 10.1 Å². The summed E-state index contributed by atoms with van der Waals surface area (Å²) in [5.74, 6) is -0.710. The number of halogens is 1. The first-order valence-corrected chi connectivity index (χ1v) is 9.23. The average Bonchev–Trinajstić information content (AvgIpc) is 2.72. The number of ketones is 1. The molecule has 0 unspecified atom stereocenters. The number of hydrogen-bond acceptors (Lipinski definition) is 4. The van der Waals surface area contributed by atoms with E-state index in [1.54, 1.807) is 36.5 Å². The van der Waals surface area contributed by atoms with Crippen molar-refractivity contribution in [2.75, 3.05) is 0 Å². The van der Waals surface area contributed by atoms with Crippen LogP contribution in [0.25, 0.3) is 0 Å². The molecule has 2 aromatic carbocycles.